The number of nitrogens with one attached hydrogen (secondary N) is 1. The number of sulfone groups is 1. The highest BCUT2D eigenvalue weighted by Gasteiger charge is 2.31. The monoisotopic (exact) mass is 587 g/mol. The standard InChI is InChI=1S/C26H30ClN7O5S/c1-26(2,3)39-25(36)29-13-23(35)32-10-8-17(14-32)34-20-6-5-16(27)11-19(20)30-22(34)15-33-21-12-28-9-7-18(21)24(31-33)40(4,37)38/h5-7,9,11-12,17H,8,10,13-15H2,1-4H3,(H,29,36). The number of alkyl carbamates (subject to hydrolysis) is 1. The maximum atomic E-state index is 12.9. The van der Waals surface area contributed by atoms with Crippen LogP contribution in [-0.4, -0.2) is 81.1 Å². The van der Waals surface area contributed by atoms with Crippen LogP contribution < -0.4 is 5.32 Å². The Morgan fingerprint density at radius 1 is 1.20 bits per heavy atom. The summed E-state index contributed by atoms with van der Waals surface area (Å²) in [5, 5.41) is 7.93. The zero-order chi connectivity index (χ0) is 28.8. The van der Waals surface area contributed by atoms with E-state index in [0.717, 1.165) is 11.8 Å². The van der Waals surface area contributed by atoms with Crippen LogP contribution in [0.3, 0.4) is 0 Å². The highest BCUT2D eigenvalue weighted by Crippen LogP contribution is 2.31. The number of carbonyl (C=O) groups is 2. The van der Waals surface area contributed by atoms with Gasteiger partial charge in [0.05, 0.1) is 35.3 Å². The van der Waals surface area contributed by atoms with E-state index in [-0.39, 0.29) is 30.1 Å². The van der Waals surface area contributed by atoms with Crippen LogP contribution in [0.5, 0.6) is 0 Å². The lowest BCUT2D eigenvalue weighted by molar-refractivity contribution is -0.129. The van der Waals surface area contributed by atoms with Crippen molar-refractivity contribution in [3.05, 3.63) is 47.5 Å². The molecule has 0 bridgehead atoms. The molecule has 212 valence electrons. The quantitative estimate of drug-likeness (QED) is 0.362. The smallest absolute Gasteiger partial charge is 0.408 e. The van der Waals surface area contributed by atoms with Crippen LogP contribution in [0.1, 0.15) is 39.1 Å². The summed E-state index contributed by atoms with van der Waals surface area (Å²) in [5.74, 6) is 0.418. The van der Waals surface area contributed by atoms with Crippen LogP contribution in [0.2, 0.25) is 5.02 Å². The molecule has 1 fully saturated rings. The molecule has 1 atom stereocenters. The largest absolute Gasteiger partial charge is 0.444 e. The molecule has 1 saturated heterocycles. The number of halogens is 1. The van der Waals surface area contributed by atoms with E-state index in [4.69, 9.17) is 21.3 Å². The molecule has 3 aromatic heterocycles. The Labute approximate surface area is 236 Å². The normalized spacial score (nSPS) is 16.1. The summed E-state index contributed by atoms with van der Waals surface area (Å²) in [6, 6.07) is 6.95. The number of pyridine rings is 1. The van der Waals surface area contributed by atoms with Crippen molar-refractivity contribution in [2.45, 2.75) is 50.4 Å². The number of hydrogen-bond donors (Lipinski definition) is 1. The predicted octanol–water partition coefficient (Wildman–Crippen LogP) is 3.18. The Morgan fingerprint density at radius 2 is 1.98 bits per heavy atom. The molecule has 4 heterocycles. The first-order valence-corrected chi connectivity index (χ1v) is 15.0. The summed E-state index contributed by atoms with van der Waals surface area (Å²) in [6.45, 7) is 6.17. The maximum Gasteiger partial charge on any atom is 0.408 e. The molecule has 12 nitrogen and oxygen atoms in total. The lowest BCUT2D eigenvalue weighted by atomic mass is 10.2. The van der Waals surface area contributed by atoms with E-state index in [1.54, 1.807) is 54.7 Å². The van der Waals surface area contributed by atoms with Crippen LogP contribution >= 0.6 is 11.6 Å². The van der Waals surface area contributed by atoms with Crippen LogP contribution in [0.4, 0.5) is 4.79 Å². The number of hydrogen-bond acceptors (Lipinski definition) is 8. The Bertz CT molecular complexity index is 1720. The second-order valence-electron chi connectivity index (χ2n) is 10.8. The minimum atomic E-state index is -3.58. The minimum Gasteiger partial charge on any atom is -0.444 e. The summed E-state index contributed by atoms with van der Waals surface area (Å²) >= 11 is 6.26. The molecule has 0 spiro atoms. The third-order valence-corrected chi connectivity index (χ3v) is 7.79. The first-order chi connectivity index (χ1) is 18.8. The summed E-state index contributed by atoms with van der Waals surface area (Å²) in [5.41, 5.74) is 1.42. The molecule has 0 radical (unpaired) electrons. The van der Waals surface area contributed by atoms with Crippen molar-refractivity contribution < 1.29 is 22.7 Å². The van der Waals surface area contributed by atoms with Gasteiger partial charge in [0.15, 0.2) is 14.9 Å². The van der Waals surface area contributed by atoms with Crippen LogP contribution in [-0.2, 0) is 25.9 Å². The number of fused-ring (bicyclic) bond motifs is 2. The molecule has 0 aliphatic carbocycles. The maximum absolute atomic E-state index is 12.9. The third kappa shape index (κ3) is 5.75. The number of nitrogens with zero attached hydrogens (tertiary/aromatic N) is 6. The molecule has 1 unspecified atom stereocenters. The first-order valence-electron chi connectivity index (χ1n) is 12.7. The number of ether oxygens (including phenoxy) is 1. The van der Waals surface area contributed by atoms with Gasteiger partial charge in [-0.1, -0.05) is 11.6 Å². The molecule has 4 aromatic rings. The average Bonchev–Trinajstić information content (AvgIpc) is 3.57. The van der Waals surface area contributed by atoms with Gasteiger partial charge in [0, 0.05) is 36.0 Å². The van der Waals surface area contributed by atoms with Crippen molar-refractivity contribution in [3.8, 4) is 0 Å². The molecule has 1 aliphatic heterocycles. The number of rotatable bonds is 6. The zero-order valence-electron chi connectivity index (χ0n) is 22.6. The highest BCUT2D eigenvalue weighted by atomic mass is 35.5. The Balaban J connectivity index is 1.43. The topological polar surface area (TPSA) is 141 Å². The van der Waals surface area contributed by atoms with Gasteiger partial charge in [-0.05, 0) is 51.5 Å². The first kappa shape index (κ1) is 27.8. The molecular weight excluding hydrogens is 558 g/mol. The van der Waals surface area contributed by atoms with Crippen LogP contribution in [0.15, 0.2) is 41.7 Å². The number of benzene rings is 1. The van der Waals surface area contributed by atoms with Crippen molar-refractivity contribution in [1.29, 1.82) is 0 Å². The van der Waals surface area contributed by atoms with Gasteiger partial charge in [0.2, 0.25) is 5.91 Å². The molecule has 40 heavy (non-hydrogen) atoms. The summed E-state index contributed by atoms with van der Waals surface area (Å²) in [6.07, 6.45) is 4.25. The molecule has 2 amide bonds. The van der Waals surface area contributed by atoms with Crippen molar-refractivity contribution in [1.82, 2.24) is 34.5 Å². The lowest BCUT2D eigenvalue weighted by Crippen LogP contribution is -2.41. The SMILES string of the molecule is CC(C)(C)OC(=O)NCC(=O)N1CCC(n2c(Cn3nc(S(C)(=O)=O)c4ccncc43)nc3cc(Cl)ccc32)C1. The van der Waals surface area contributed by atoms with E-state index in [9.17, 15) is 18.0 Å². The Morgan fingerprint density at radius 3 is 2.70 bits per heavy atom. The van der Waals surface area contributed by atoms with Gasteiger partial charge < -0.3 is 19.5 Å². The fourth-order valence-corrected chi connectivity index (χ4v) is 5.90. The summed E-state index contributed by atoms with van der Waals surface area (Å²) < 4.78 is 33.7. The molecule has 0 saturated carbocycles. The van der Waals surface area contributed by atoms with Gasteiger partial charge in [-0.2, -0.15) is 5.10 Å². The average molecular weight is 588 g/mol. The van der Waals surface area contributed by atoms with Crippen molar-refractivity contribution in [2.75, 3.05) is 25.9 Å². The van der Waals surface area contributed by atoms with Crippen molar-refractivity contribution in [2.24, 2.45) is 0 Å². The second kappa shape index (κ2) is 10.4. The van der Waals surface area contributed by atoms with Gasteiger partial charge in [-0.3, -0.25) is 14.5 Å². The van der Waals surface area contributed by atoms with Gasteiger partial charge >= 0.3 is 6.09 Å². The molecule has 14 heteroatoms. The summed E-state index contributed by atoms with van der Waals surface area (Å²) in [7, 11) is -3.58. The third-order valence-electron chi connectivity index (χ3n) is 6.55. The van der Waals surface area contributed by atoms with Crippen LogP contribution in [0, 0.1) is 0 Å². The van der Waals surface area contributed by atoms with Crippen molar-refractivity contribution in [3.63, 3.8) is 0 Å². The highest BCUT2D eigenvalue weighted by molar-refractivity contribution is 7.90. The number of aromatic nitrogens is 5. The predicted molar refractivity (Wildman–Crippen MR) is 149 cm³/mol. The van der Waals surface area contributed by atoms with E-state index in [2.05, 4.69) is 20.0 Å². The van der Waals surface area contributed by atoms with E-state index < -0.39 is 21.5 Å². The molecule has 5 rings (SSSR count). The minimum absolute atomic E-state index is 0.0225. The molecule has 1 N–H and O–H groups in total. The van der Waals surface area contributed by atoms with E-state index >= 15 is 0 Å². The number of carbonyl (C=O) groups excluding carboxylic acids is 2. The van der Waals surface area contributed by atoms with Crippen LogP contribution in [0.25, 0.3) is 21.9 Å². The van der Waals surface area contributed by atoms with Gasteiger partial charge in [0.1, 0.15) is 18.0 Å². The fraction of sp³-hybridized carbons (Fsp3) is 0.423. The Hall–Kier alpha value is -3.71. The van der Waals surface area contributed by atoms with E-state index in [0.29, 0.717) is 46.8 Å². The van der Waals surface area contributed by atoms with Gasteiger partial charge in [-0.15, -0.1) is 0 Å². The van der Waals surface area contributed by atoms with Gasteiger partial charge in [0.25, 0.3) is 0 Å². The molecule has 1 aliphatic rings. The van der Waals surface area contributed by atoms with E-state index in [1.807, 2.05) is 6.07 Å². The fourth-order valence-electron chi connectivity index (χ4n) is 4.91. The number of likely N-dealkylation sites (tertiary alicyclic amines) is 1. The number of imidazole rings is 1. The number of amides is 2. The van der Waals surface area contributed by atoms with Crippen molar-refractivity contribution >= 4 is 55.4 Å². The van der Waals surface area contributed by atoms with Gasteiger partial charge in [-0.25, -0.2) is 18.2 Å². The summed E-state index contributed by atoms with van der Waals surface area (Å²) in [4.78, 5) is 35.6. The molecular formula is C26H30ClN7O5S. The molecule has 1 aromatic carbocycles. The second-order valence-corrected chi connectivity index (χ2v) is 13.2. The lowest BCUT2D eigenvalue weighted by Gasteiger charge is -2.21. The Kier molecular flexibility index (Phi) is 7.21. The zero-order valence-corrected chi connectivity index (χ0v) is 24.2. The van der Waals surface area contributed by atoms with E-state index in [1.165, 1.54) is 6.20 Å².